The molecular weight excluding hydrogens is 256 g/mol. The van der Waals surface area contributed by atoms with Gasteiger partial charge in [0.1, 0.15) is 6.04 Å². The lowest BCUT2D eigenvalue weighted by molar-refractivity contribution is 0.0945. The topological polar surface area (TPSA) is 101 Å². The van der Waals surface area contributed by atoms with Gasteiger partial charge in [-0.05, 0) is 17.7 Å². The second-order valence-corrected chi connectivity index (χ2v) is 4.08. The van der Waals surface area contributed by atoms with Gasteiger partial charge in [-0.25, -0.2) is 0 Å². The van der Waals surface area contributed by atoms with Crippen molar-refractivity contribution >= 4 is 11.7 Å². The van der Waals surface area contributed by atoms with Crippen LogP contribution in [0.4, 0.5) is 0 Å². The van der Waals surface area contributed by atoms with Crippen LogP contribution in [0.5, 0.6) is 0 Å². The molecule has 1 atom stereocenters. The molecule has 0 aliphatic rings. The quantitative estimate of drug-likeness (QED) is 0.337. The molecule has 4 N–H and O–H groups in total. The van der Waals surface area contributed by atoms with E-state index < -0.39 is 6.04 Å². The predicted octanol–water partition coefficient (Wildman–Crippen LogP) is 1.30. The first-order valence-electron chi connectivity index (χ1n) is 5.95. The Hall–Kier alpha value is -2.89. The molecule has 20 heavy (non-hydrogen) atoms. The summed E-state index contributed by atoms with van der Waals surface area (Å²) < 4.78 is 0. The number of aromatic nitrogens is 1. The van der Waals surface area contributed by atoms with E-state index in [0.717, 1.165) is 5.56 Å². The molecule has 1 aromatic heterocycles. The molecule has 6 heteroatoms. The third-order valence-corrected chi connectivity index (χ3v) is 2.74. The van der Waals surface area contributed by atoms with Crippen LogP contribution < -0.4 is 11.1 Å². The highest BCUT2D eigenvalue weighted by molar-refractivity contribution is 5.98. The summed E-state index contributed by atoms with van der Waals surface area (Å²) in [6.45, 7) is 0. The van der Waals surface area contributed by atoms with Gasteiger partial charge in [0, 0.05) is 12.4 Å². The van der Waals surface area contributed by atoms with E-state index in [4.69, 9.17) is 10.9 Å². The summed E-state index contributed by atoms with van der Waals surface area (Å²) in [4.78, 5) is 16.0. The first-order chi connectivity index (χ1) is 9.72. The molecule has 0 fully saturated rings. The summed E-state index contributed by atoms with van der Waals surface area (Å²) in [6.07, 6.45) is 3.03. The minimum atomic E-state index is -0.700. The molecule has 0 bridgehead atoms. The minimum absolute atomic E-state index is 0.0894. The van der Waals surface area contributed by atoms with Gasteiger partial charge < -0.3 is 16.3 Å². The smallest absolute Gasteiger partial charge is 0.253 e. The van der Waals surface area contributed by atoms with Crippen molar-refractivity contribution in [3.05, 3.63) is 66.0 Å². The number of pyridine rings is 1. The third kappa shape index (κ3) is 3.11. The average Bonchev–Trinajstić information content (AvgIpc) is 2.53. The van der Waals surface area contributed by atoms with E-state index in [2.05, 4.69) is 15.5 Å². The van der Waals surface area contributed by atoms with E-state index in [9.17, 15) is 4.79 Å². The Kier molecular flexibility index (Phi) is 4.28. The van der Waals surface area contributed by atoms with Crippen molar-refractivity contribution in [2.45, 2.75) is 6.04 Å². The van der Waals surface area contributed by atoms with Crippen LogP contribution >= 0.6 is 0 Å². The van der Waals surface area contributed by atoms with Crippen LogP contribution in [0.3, 0.4) is 0 Å². The molecule has 1 heterocycles. The SMILES string of the molecule is N/C(=N\O)C(NC(=O)c1cccnc1)c1ccccc1. The van der Waals surface area contributed by atoms with Crippen LogP contribution in [-0.4, -0.2) is 21.9 Å². The zero-order valence-corrected chi connectivity index (χ0v) is 10.6. The van der Waals surface area contributed by atoms with Gasteiger partial charge in [-0.2, -0.15) is 0 Å². The number of carbonyl (C=O) groups is 1. The van der Waals surface area contributed by atoms with Gasteiger partial charge in [0.2, 0.25) is 0 Å². The molecule has 6 nitrogen and oxygen atoms in total. The highest BCUT2D eigenvalue weighted by Gasteiger charge is 2.19. The lowest BCUT2D eigenvalue weighted by Gasteiger charge is -2.17. The summed E-state index contributed by atoms with van der Waals surface area (Å²) in [6, 6.07) is 11.6. The van der Waals surface area contributed by atoms with Crippen LogP contribution in [0.25, 0.3) is 0 Å². The number of amides is 1. The minimum Gasteiger partial charge on any atom is -0.409 e. The fourth-order valence-electron chi connectivity index (χ4n) is 1.74. The zero-order chi connectivity index (χ0) is 14.4. The average molecular weight is 270 g/mol. The van der Waals surface area contributed by atoms with Gasteiger partial charge in [-0.15, -0.1) is 0 Å². The van der Waals surface area contributed by atoms with Crippen LogP contribution in [0, 0.1) is 0 Å². The molecule has 0 spiro atoms. The number of amidine groups is 1. The predicted molar refractivity (Wildman–Crippen MR) is 74.3 cm³/mol. The summed E-state index contributed by atoms with van der Waals surface area (Å²) >= 11 is 0. The van der Waals surface area contributed by atoms with Crippen LogP contribution in [-0.2, 0) is 0 Å². The first kappa shape index (κ1) is 13.5. The fourth-order valence-corrected chi connectivity index (χ4v) is 1.74. The van der Waals surface area contributed by atoms with E-state index >= 15 is 0 Å². The number of nitrogens with two attached hydrogens (primary N) is 1. The lowest BCUT2D eigenvalue weighted by atomic mass is 10.1. The number of hydrogen-bond acceptors (Lipinski definition) is 4. The Labute approximate surface area is 115 Å². The van der Waals surface area contributed by atoms with Crippen molar-refractivity contribution in [3.63, 3.8) is 0 Å². The second-order valence-electron chi connectivity index (χ2n) is 4.08. The molecule has 0 aliphatic heterocycles. The number of hydrogen-bond donors (Lipinski definition) is 3. The first-order valence-corrected chi connectivity index (χ1v) is 5.95. The van der Waals surface area contributed by atoms with Crippen LogP contribution in [0.2, 0.25) is 0 Å². The van der Waals surface area contributed by atoms with E-state index in [1.807, 2.05) is 18.2 Å². The van der Waals surface area contributed by atoms with E-state index in [0.29, 0.717) is 5.56 Å². The summed E-state index contributed by atoms with van der Waals surface area (Å²) in [5.41, 5.74) is 6.77. The number of nitrogens with one attached hydrogen (secondary N) is 1. The van der Waals surface area contributed by atoms with Crippen molar-refractivity contribution in [1.29, 1.82) is 0 Å². The number of carbonyl (C=O) groups excluding carboxylic acids is 1. The van der Waals surface area contributed by atoms with Gasteiger partial charge in [0.25, 0.3) is 5.91 Å². The fraction of sp³-hybridized carbons (Fsp3) is 0.0714. The van der Waals surface area contributed by atoms with E-state index in [1.165, 1.54) is 6.20 Å². The molecule has 0 radical (unpaired) electrons. The van der Waals surface area contributed by atoms with Gasteiger partial charge in [0.05, 0.1) is 5.56 Å². The monoisotopic (exact) mass is 270 g/mol. The van der Waals surface area contributed by atoms with Crippen LogP contribution in [0.1, 0.15) is 22.0 Å². The summed E-state index contributed by atoms with van der Waals surface area (Å²) in [5.74, 6) is -0.438. The van der Waals surface area contributed by atoms with Crippen molar-refractivity contribution in [2.24, 2.45) is 10.9 Å². The summed E-state index contributed by atoms with van der Waals surface area (Å²) in [5, 5.41) is 14.5. The van der Waals surface area contributed by atoms with Crippen molar-refractivity contribution in [1.82, 2.24) is 10.3 Å². The Morgan fingerprint density at radius 2 is 2.00 bits per heavy atom. The molecule has 0 saturated carbocycles. The van der Waals surface area contributed by atoms with Crippen molar-refractivity contribution < 1.29 is 10.0 Å². The Balaban J connectivity index is 2.24. The largest absolute Gasteiger partial charge is 0.409 e. The van der Waals surface area contributed by atoms with E-state index in [1.54, 1.807) is 30.5 Å². The molecular formula is C14H14N4O2. The maximum atomic E-state index is 12.1. The highest BCUT2D eigenvalue weighted by atomic mass is 16.4. The summed E-state index contributed by atoms with van der Waals surface area (Å²) in [7, 11) is 0. The molecule has 102 valence electrons. The van der Waals surface area contributed by atoms with Gasteiger partial charge >= 0.3 is 0 Å². The molecule has 0 saturated heterocycles. The van der Waals surface area contributed by atoms with Crippen LogP contribution in [0.15, 0.2) is 60.0 Å². The molecule has 0 aliphatic carbocycles. The van der Waals surface area contributed by atoms with Gasteiger partial charge in [0.15, 0.2) is 5.84 Å². The molecule has 2 rings (SSSR count). The number of oxime groups is 1. The number of benzene rings is 1. The molecule has 1 amide bonds. The molecule has 2 aromatic rings. The molecule has 1 aromatic carbocycles. The second kappa shape index (κ2) is 6.33. The Morgan fingerprint density at radius 3 is 2.60 bits per heavy atom. The van der Waals surface area contributed by atoms with Gasteiger partial charge in [-0.3, -0.25) is 9.78 Å². The third-order valence-electron chi connectivity index (χ3n) is 2.74. The maximum Gasteiger partial charge on any atom is 0.253 e. The normalized spacial score (nSPS) is 12.7. The van der Waals surface area contributed by atoms with Crippen molar-refractivity contribution in [2.75, 3.05) is 0 Å². The standard InChI is InChI=1S/C14H14N4O2/c15-13(18-20)12(10-5-2-1-3-6-10)17-14(19)11-7-4-8-16-9-11/h1-9,12,20H,(H2,15,18)(H,17,19). The molecule has 1 unspecified atom stereocenters. The van der Waals surface area contributed by atoms with Crippen molar-refractivity contribution in [3.8, 4) is 0 Å². The lowest BCUT2D eigenvalue weighted by Crippen LogP contribution is -2.37. The Bertz CT molecular complexity index is 599. The number of nitrogens with zero attached hydrogens (tertiary/aromatic N) is 2. The number of rotatable bonds is 4. The van der Waals surface area contributed by atoms with E-state index in [-0.39, 0.29) is 11.7 Å². The Morgan fingerprint density at radius 1 is 1.25 bits per heavy atom. The van der Waals surface area contributed by atoms with Gasteiger partial charge in [-0.1, -0.05) is 35.5 Å². The zero-order valence-electron chi connectivity index (χ0n) is 10.6. The maximum absolute atomic E-state index is 12.1. The highest BCUT2D eigenvalue weighted by Crippen LogP contribution is 2.13.